The number of aromatic nitrogens is 2. The normalized spacial score (nSPS) is 12.0. The lowest BCUT2D eigenvalue weighted by molar-refractivity contribution is 0.572. The van der Waals surface area contributed by atoms with Gasteiger partial charge in [0.15, 0.2) is 9.84 Å². The molecule has 0 aromatic carbocycles. The standard InChI is InChI=1S/C15H29N3O2S/c1-5-14-13(9-10-16-7-3)15(6-2)18(17-14)11-12-21(19,20)8-4/h16H,5-12H2,1-4H3. The number of nitrogens with one attached hydrogen (secondary N) is 1. The monoisotopic (exact) mass is 315 g/mol. The fourth-order valence-electron chi connectivity index (χ4n) is 2.50. The third kappa shape index (κ3) is 5.11. The van der Waals surface area contributed by atoms with Gasteiger partial charge in [-0.25, -0.2) is 8.42 Å². The van der Waals surface area contributed by atoms with Crippen LogP contribution < -0.4 is 5.32 Å². The van der Waals surface area contributed by atoms with Gasteiger partial charge in [0.1, 0.15) is 0 Å². The van der Waals surface area contributed by atoms with Crippen molar-refractivity contribution >= 4 is 9.84 Å². The lowest BCUT2D eigenvalue weighted by Gasteiger charge is -2.08. The van der Waals surface area contributed by atoms with Crippen molar-refractivity contribution in [1.29, 1.82) is 0 Å². The second-order valence-corrected chi connectivity index (χ2v) is 7.61. The summed E-state index contributed by atoms with van der Waals surface area (Å²) in [6.45, 7) is 10.4. The molecule has 0 aliphatic rings. The molecule has 122 valence electrons. The van der Waals surface area contributed by atoms with Crippen LogP contribution in [0.2, 0.25) is 0 Å². The Kier molecular flexibility index (Phi) is 7.39. The summed E-state index contributed by atoms with van der Waals surface area (Å²) >= 11 is 0. The summed E-state index contributed by atoms with van der Waals surface area (Å²) in [6.07, 6.45) is 2.74. The summed E-state index contributed by atoms with van der Waals surface area (Å²) in [4.78, 5) is 0. The van der Waals surface area contributed by atoms with Gasteiger partial charge < -0.3 is 5.32 Å². The van der Waals surface area contributed by atoms with E-state index in [1.807, 2.05) is 4.68 Å². The first-order valence-corrected chi connectivity index (χ1v) is 9.79. The molecule has 1 aromatic heterocycles. The number of hydrogen-bond donors (Lipinski definition) is 1. The van der Waals surface area contributed by atoms with E-state index in [9.17, 15) is 8.42 Å². The summed E-state index contributed by atoms with van der Waals surface area (Å²) in [6, 6.07) is 0. The molecular formula is C15H29N3O2S. The van der Waals surface area contributed by atoms with Crippen molar-refractivity contribution < 1.29 is 8.42 Å². The topological polar surface area (TPSA) is 64.0 Å². The predicted octanol–water partition coefficient (Wildman–Crippen LogP) is 1.59. The predicted molar refractivity (Wildman–Crippen MR) is 87.6 cm³/mol. The van der Waals surface area contributed by atoms with E-state index in [4.69, 9.17) is 0 Å². The lowest BCUT2D eigenvalue weighted by Crippen LogP contribution is -2.18. The third-order valence-corrected chi connectivity index (χ3v) is 5.46. The van der Waals surface area contributed by atoms with Crippen molar-refractivity contribution in [1.82, 2.24) is 15.1 Å². The maximum atomic E-state index is 11.7. The van der Waals surface area contributed by atoms with Crippen molar-refractivity contribution in [2.45, 2.75) is 53.5 Å². The number of rotatable bonds is 10. The molecule has 0 saturated heterocycles. The Morgan fingerprint density at radius 1 is 1.14 bits per heavy atom. The molecule has 1 aromatic rings. The number of likely N-dealkylation sites (N-methyl/N-ethyl adjacent to an activating group) is 1. The van der Waals surface area contributed by atoms with Gasteiger partial charge in [0, 0.05) is 11.4 Å². The minimum atomic E-state index is -2.95. The fraction of sp³-hybridized carbons (Fsp3) is 0.800. The van der Waals surface area contributed by atoms with E-state index in [0.29, 0.717) is 6.54 Å². The first-order valence-electron chi connectivity index (χ1n) is 7.97. The SMILES string of the molecule is CCNCCc1c(CC)nn(CCS(=O)(=O)CC)c1CC. The van der Waals surface area contributed by atoms with Crippen LogP contribution in [-0.2, 0) is 35.6 Å². The minimum Gasteiger partial charge on any atom is -0.317 e. The van der Waals surface area contributed by atoms with Crippen LogP contribution in [0.1, 0.15) is 44.6 Å². The molecule has 0 spiro atoms. The van der Waals surface area contributed by atoms with E-state index in [1.54, 1.807) is 6.92 Å². The second-order valence-electron chi connectivity index (χ2n) is 5.14. The molecule has 1 heterocycles. The first-order chi connectivity index (χ1) is 9.99. The highest BCUT2D eigenvalue weighted by Crippen LogP contribution is 2.17. The van der Waals surface area contributed by atoms with E-state index in [0.717, 1.165) is 38.0 Å². The van der Waals surface area contributed by atoms with Gasteiger partial charge in [0.05, 0.1) is 18.0 Å². The molecule has 21 heavy (non-hydrogen) atoms. The quantitative estimate of drug-likeness (QED) is 0.666. The van der Waals surface area contributed by atoms with Crippen molar-refractivity contribution in [2.24, 2.45) is 0 Å². The summed E-state index contributed by atoms with van der Waals surface area (Å²) in [5, 5.41) is 7.98. The van der Waals surface area contributed by atoms with Gasteiger partial charge in [-0.15, -0.1) is 0 Å². The van der Waals surface area contributed by atoms with Crippen LogP contribution in [-0.4, -0.2) is 42.8 Å². The molecular weight excluding hydrogens is 286 g/mol. The molecule has 5 nitrogen and oxygen atoms in total. The van der Waals surface area contributed by atoms with Crippen molar-refractivity contribution in [3.05, 3.63) is 17.0 Å². The molecule has 0 unspecified atom stereocenters. The second kappa shape index (κ2) is 8.54. The molecule has 1 rings (SSSR count). The summed E-state index contributed by atoms with van der Waals surface area (Å²) < 4.78 is 25.3. The van der Waals surface area contributed by atoms with Gasteiger partial charge in [-0.05, 0) is 37.9 Å². The largest absolute Gasteiger partial charge is 0.317 e. The minimum absolute atomic E-state index is 0.175. The Morgan fingerprint density at radius 2 is 1.86 bits per heavy atom. The number of aryl methyl sites for hydroxylation is 2. The molecule has 0 bridgehead atoms. The Labute approximate surface area is 129 Å². The van der Waals surface area contributed by atoms with Crippen LogP contribution in [0.15, 0.2) is 0 Å². The van der Waals surface area contributed by atoms with Crippen LogP contribution in [0.25, 0.3) is 0 Å². The molecule has 0 fully saturated rings. The third-order valence-electron chi connectivity index (χ3n) is 3.78. The Bertz CT molecular complexity index is 535. The average Bonchev–Trinajstić information content (AvgIpc) is 2.82. The van der Waals surface area contributed by atoms with Crippen molar-refractivity contribution in [3.8, 4) is 0 Å². The van der Waals surface area contributed by atoms with Gasteiger partial charge in [-0.2, -0.15) is 5.10 Å². The zero-order valence-electron chi connectivity index (χ0n) is 13.8. The summed E-state index contributed by atoms with van der Waals surface area (Å²) in [5.41, 5.74) is 3.60. The molecule has 0 amide bonds. The Morgan fingerprint density at radius 3 is 2.38 bits per heavy atom. The number of sulfone groups is 1. The Balaban J connectivity index is 2.93. The van der Waals surface area contributed by atoms with Crippen LogP contribution in [0, 0.1) is 0 Å². The molecule has 0 aliphatic carbocycles. The van der Waals surface area contributed by atoms with Crippen molar-refractivity contribution in [3.63, 3.8) is 0 Å². The molecule has 6 heteroatoms. The molecule has 0 radical (unpaired) electrons. The zero-order chi connectivity index (χ0) is 15.9. The van der Waals surface area contributed by atoms with Crippen LogP contribution in [0.4, 0.5) is 0 Å². The van der Waals surface area contributed by atoms with Gasteiger partial charge in [0.2, 0.25) is 0 Å². The molecule has 0 saturated carbocycles. The number of hydrogen-bond acceptors (Lipinski definition) is 4. The molecule has 1 N–H and O–H groups in total. The lowest BCUT2D eigenvalue weighted by atomic mass is 10.1. The highest BCUT2D eigenvalue weighted by atomic mass is 32.2. The van der Waals surface area contributed by atoms with E-state index in [2.05, 4.69) is 31.2 Å². The number of nitrogens with zero attached hydrogens (tertiary/aromatic N) is 2. The Hall–Kier alpha value is -0.880. The highest BCUT2D eigenvalue weighted by molar-refractivity contribution is 7.91. The fourth-order valence-corrected chi connectivity index (χ4v) is 3.24. The van der Waals surface area contributed by atoms with Gasteiger partial charge in [0.25, 0.3) is 0 Å². The van der Waals surface area contributed by atoms with E-state index in [1.165, 1.54) is 11.3 Å². The van der Waals surface area contributed by atoms with Crippen LogP contribution in [0.5, 0.6) is 0 Å². The summed E-state index contributed by atoms with van der Waals surface area (Å²) in [5.74, 6) is 0.373. The zero-order valence-corrected chi connectivity index (χ0v) is 14.6. The van der Waals surface area contributed by atoms with Gasteiger partial charge >= 0.3 is 0 Å². The van der Waals surface area contributed by atoms with Crippen molar-refractivity contribution in [2.75, 3.05) is 24.6 Å². The average molecular weight is 315 g/mol. The van der Waals surface area contributed by atoms with Crippen LogP contribution in [0.3, 0.4) is 0 Å². The van der Waals surface area contributed by atoms with Gasteiger partial charge in [-0.1, -0.05) is 27.7 Å². The van der Waals surface area contributed by atoms with Crippen LogP contribution >= 0.6 is 0 Å². The maximum Gasteiger partial charge on any atom is 0.151 e. The first kappa shape index (κ1) is 18.2. The summed E-state index contributed by atoms with van der Waals surface area (Å²) in [7, 11) is -2.95. The van der Waals surface area contributed by atoms with E-state index in [-0.39, 0.29) is 11.5 Å². The highest BCUT2D eigenvalue weighted by Gasteiger charge is 2.16. The van der Waals surface area contributed by atoms with Gasteiger partial charge in [-0.3, -0.25) is 4.68 Å². The molecule has 0 atom stereocenters. The molecule has 0 aliphatic heterocycles. The van der Waals surface area contributed by atoms with E-state index >= 15 is 0 Å². The maximum absolute atomic E-state index is 11.7. The van der Waals surface area contributed by atoms with E-state index < -0.39 is 9.84 Å². The smallest absolute Gasteiger partial charge is 0.151 e.